The third kappa shape index (κ3) is 2.65. The first kappa shape index (κ1) is 15.7. The molecule has 3 atom stereocenters. The van der Waals surface area contributed by atoms with Crippen LogP contribution in [0.25, 0.3) is 0 Å². The van der Waals surface area contributed by atoms with Crippen molar-refractivity contribution in [2.75, 3.05) is 0 Å². The summed E-state index contributed by atoms with van der Waals surface area (Å²) in [6.45, 7) is 13.4. The molecule has 0 heterocycles. The summed E-state index contributed by atoms with van der Waals surface area (Å²) in [6, 6.07) is 0. The zero-order valence-electron chi connectivity index (χ0n) is 13.3. The van der Waals surface area contributed by atoms with E-state index in [1.165, 1.54) is 6.42 Å². The van der Waals surface area contributed by atoms with Gasteiger partial charge in [0.2, 0.25) is 0 Å². The minimum atomic E-state index is -0.0783. The van der Waals surface area contributed by atoms with E-state index in [0.717, 1.165) is 32.1 Å². The molecule has 0 N–H and O–H groups in total. The topological polar surface area (TPSA) is 17.1 Å². The van der Waals surface area contributed by atoms with Gasteiger partial charge in [-0.15, -0.1) is 0 Å². The highest BCUT2D eigenvalue weighted by Gasteiger charge is 2.52. The summed E-state index contributed by atoms with van der Waals surface area (Å²) in [7, 11) is 0. The second-order valence-electron chi connectivity index (χ2n) is 7.20. The average molecular weight is 252 g/mol. The van der Waals surface area contributed by atoms with Crippen molar-refractivity contribution in [1.82, 2.24) is 0 Å². The molecule has 0 aromatic carbocycles. The first-order chi connectivity index (χ1) is 8.31. The predicted molar refractivity (Wildman–Crippen MR) is 78.6 cm³/mol. The number of Topliss-reactive ketones (excluding diaryl/α,β-unsaturated/α-hetero) is 1. The molecule has 1 nitrogen and oxygen atoms in total. The second-order valence-corrected chi connectivity index (χ2v) is 7.20. The highest BCUT2D eigenvalue weighted by Crippen LogP contribution is 2.53. The third-order valence-corrected chi connectivity index (χ3v) is 5.27. The molecule has 1 saturated carbocycles. The fourth-order valence-corrected chi connectivity index (χ4v) is 4.44. The molecule has 1 heteroatoms. The van der Waals surface area contributed by atoms with Crippen LogP contribution in [0, 0.1) is 22.7 Å². The summed E-state index contributed by atoms with van der Waals surface area (Å²) < 4.78 is 0. The molecular formula is C17H32O. The lowest BCUT2D eigenvalue weighted by atomic mass is 9.53. The first-order valence-corrected chi connectivity index (χ1v) is 7.86. The van der Waals surface area contributed by atoms with Gasteiger partial charge in [-0.2, -0.15) is 0 Å². The summed E-state index contributed by atoms with van der Waals surface area (Å²) in [5.74, 6) is 1.76. The average Bonchev–Trinajstić information content (AvgIpc) is 2.27. The van der Waals surface area contributed by atoms with E-state index >= 15 is 0 Å². The van der Waals surface area contributed by atoms with Crippen LogP contribution in [0.2, 0.25) is 0 Å². The molecule has 1 aliphatic rings. The lowest BCUT2D eigenvalue weighted by Gasteiger charge is -2.50. The minimum absolute atomic E-state index is 0.0515. The van der Waals surface area contributed by atoms with Gasteiger partial charge in [0.15, 0.2) is 0 Å². The van der Waals surface area contributed by atoms with Gasteiger partial charge in [0.1, 0.15) is 5.78 Å². The zero-order valence-corrected chi connectivity index (χ0v) is 13.3. The van der Waals surface area contributed by atoms with Gasteiger partial charge in [-0.3, -0.25) is 4.79 Å². The van der Waals surface area contributed by atoms with Crippen LogP contribution < -0.4 is 0 Å². The van der Waals surface area contributed by atoms with Crippen molar-refractivity contribution in [3.05, 3.63) is 0 Å². The summed E-state index contributed by atoms with van der Waals surface area (Å²) in [4.78, 5) is 13.1. The Kier molecular flexibility index (Phi) is 5.03. The molecule has 0 unspecified atom stereocenters. The quantitative estimate of drug-likeness (QED) is 0.654. The Morgan fingerprint density at radius 1 is 1.17 bits per heavy atom. The van der Waals surface area contributed by atoms with Crippen LogP contribution in [0.15, 0.2) is 0 Å². The van der Waals surface area contributed by atoms with E-state index in [1.54, 1.807) is 0 Å². The molecule has 0 amide bonds. The fourth-order valence-electron chi connectivity index (χ4n) is 4.44. The SMILES string of the molecule is CCC[C@@]1(C)CC[C@@H](C(C)C)[C@](C)(CCC)C1=O. The molecule has 0 bridgehead atoms. The molecule has 0 aromatic heterocycles. The van der Waals surface area contributed by atoms with E-state index in [4.69, 9.17) is 0 Å². The molecule has 0 aliphatic heterocycles. The van der Waals surface area contributed by atoms with E-state index in [0.29, 0.717) is 17.6 Å². The standard InChI is InChI=1S/C17H32O/c1-7-10-16(5)12-9-14(13(3)4)17(6,11-8-2)15(16)18/h13-14H,7-12H2,1-6H3/t14-,16-,17-/m0/s1. The van der Waals surface area contributed by atoms with Crippen molar-refractivity contribution >= 4 is 5.78 Å². The number of carbonyl (C=O) groups is 1. The van der Waals surface area contributed by atoms with Crippen molar-refractivity contribution in [2.24, 2.45) is 22.7 Å². The number of hydrogen-bond donors (Lipinski definition) is 0. The van der Waals surface area contributed by atoms with Crippen molar-refractivity contribution in [3.63, 3.8) is 0 Å². The van der Waals surface area contributed by atoms with Crippen LogP contribution in [-0.2, 0) is 4.79 Å². The Bertz CT molecular complexity index is 294. The van der Waals surface area contributed by atoms with Gasteiger partial charge in [0.25, 0.3) is 0 Å². The van der Waals surface area contributed by atoms with Crippen molar-refractivity contribution < 1.29 is 4.79 Å². The van der Waals surface area contributed by atoms with Crippen LogP contribution in [-0.4, -0.2) is 5.78 Å². The Labute approximate surface area is 114 Å². The van der Waals surface area contributed by atoms with Gasteiger partial charge in [-0.1, -0.05) is 54.4 Å². The molecule has 1 fully saturated rings. The number of rotatable bonds is 5. The van der Waals surface area contributed by atoms with Crippen molar-refractivity contribution in [1.29, 1.82) is 0 Å². The molecule has 1 rings (SSSR count). The van der Waals surface area contributed by atoms with Gasteiger partial charge >= 0.3 is 0 Å². The van der Waals surface area contributed by atoms with E-state index in [2.05, 4.69) is 41.5 Å². The highest BCUT2D eigenvalue weighted by atomic mass is 16.1. The second kappa shape index (κ2) is 5.75. The normalized spacial score (nSPS) is 37.3. The monoisotopic (exact) mass is 252 g/mol. The lowest BCUT2D eigenvalue weighted by molar-refractivity contribution is -0.149. The summed E-state index contributed by atoms with van der Waals surface area (Å²) >= 11 is 0. The van der Waals surface area contributed by atoms with Crippen molar-refractivity contribution in [3.8, 4) is 0 Å². The van der Waals surface area contributed by atoms with Gasteiger partial charge in [-0.05, 0) is 37.5 Å². The number of hydrogen-bond acceptors (Lipinski definition) is 1. The fraction of sp³-hybridized carbons (Fsp3) is 0.941. The minimum Gasteiger partial charge on any atom is -0.298 e. The predicted octanol–water partition coefficient (Wildman–Crippen LogP) is 5.23. The lowest BCUT2D eigenvalue weighted by Crippen LogP contribution is -2.50. The number of ketones is 1. The van der Waals surface area contributed by atoms with Crippen LogP contribution >= 0.6 is 0 Å². The van der Waals surface area contributed by atoms with Gasteiger partial charge in [0.05, 0.1) is 0 Å². The Balaban J connectivity index is 3.06. The van der Waals surface area contributed by atoms with Crippen LogP contribution in [0.5, 0.6) is 0 Å². The van der Waals surface area contributed by atoms with E-state index in [-0.39, 0.29) is 10.8 Å². The summed E-state index contributed by atoms with van der Waals surface area (Å²) in [5.41, 5.74) is -0.130. The van der Waals surface area contributed by atoms with E-state index in [9.17, 15) is 4.79 Å². The maximum Gasteiger partial charge on any atom is 0.144 e. The Hall–Kier alpha value is -0.330. The van der Waals surface area contributed by atoms with E-state index < -0.39 is 0 Å². The maximum atomic E-state index is 13.1. The van der Waals surface area contributed by atoms with Gasteiger partial charge in [-0.25, -0.2) is 0 Å². The number of carbonyl (C=O) groups excluding carboxylic acids is 1. The first-order valence-electron chi connectivity index (χ1n) is 7.86. The largest absolute Gasteiger partial charge is 0.298 e. The molecule has 0 spiro atoms. The Morgan fingerprint density at radius 2 is 1.72 bits per heavy atom. The zero-order chi connectivity index (χ0) is 14.0. The van der Waals surface area contributed by atoms with Crippen molar-refractivity contribution in [2.45, 2.75) is 80.1 Å². The van der Waals surface area contributed by atoms with E-state index in [1.807, 2.05) is 0 Å². The molecule has 106 valence electrons. The molecule has 0 saturated heterocycles. The third-order valence-electron chi connectivity index (χ3n) is 5.27. The highest BCUT2D eigenvalue weighted by molar-refractivity contribution is 5.90. The van der Waals surface area contributed by atoms with Crippen LogP contribution in [0.4, 0.5) is 0 Å². The molecule has 18 heavy (non-hydrogen) atoms. The van der Waals surface area contributed by atoms with Gasteiger partial charge in [0, 0.05) is 10.8 Å². The molecule has 0 aromatic rings. The summed E-state index contributed by atoms with van der Waals surface area (Å²) in [5, 5.41) is 0. The maximum absolute atomic E-state index is 13.1. The Morgan fingerprint density at radius 3 is 2.17 bits per heavy atom. The molecule has 0 radical (unpaired) electrons. The van der Waals surface area contributed by atoms with Crippen LogP contribution in [0.3, 0.4) is 0 Å². The van der Waals surface area contributed by atoms with Gasteiger partial charge < -0.3 is 0 Å². The smallest absolute Gasteiger partial charge is 0.144 e. The molecular weight excluding hydrogens is 220 g/mol. The molecule has 1 aliphatic carbocycles. The van der Waals surface area contributed by atoms with Crippen LogP contribution in [0.1, 0.15) is 80.1 Å². The summed E-state index contributed by atoms with van der Waals surface area (Å²) in [6.07, 6.45) is 6.70.